The van der Waals surface area contributed by atoms with E-state index in [1.54, 1.807) is 17.7 Å². The van der Waals surface area contributed by atoms with Crippen molar-refractivity contribution in [2.45, 2.75) is 46.1 Å². The first-order valence-corrected chi connectivity index (χ1v) is 10.6. The number of aromatic amines is 1. The van der Waals surface area contributed by atoms with Gasteiger partial charge in [0.1, 0.15) is 17.2 Å². The Balaban J connectivity index is 1.45. The summed E-state index contributed by atoms with van der Waals surface area (Å²) in [7, 11) is 0. The number of anilines is 3. The standard InChI is InChI=1S/C23H27N7O/c1-3-4-5-6-16-7-10-18(11-8-16)28-19-12-9-17(13-25-19)14-30-22-20(29-23(30)31)21(24)26-15(2)27-22/h7-13H,3-6,14H2,1-2H3,(H,25,28)(H,29,31)(H2,24,26,27). The van der Waals surface area contributed by atoms with Crippen LogP contribution in [0, 0.1) is 6.92 Å². The Morgan fingerprint density at radius 2 is 1.84 bits per heavy atom. The number of nitrogens with two attached hydrogens (primary N) is 1. The average molecular weight is 418 g/mol. The van der Waals surface area contributed by atoms with Gasteiger partial charge in [-0.25, -0.2) is 19.7 Å². The number of imidazole rings is 1. The summed E-state index contributed by atoms with van der Waals surface area (Å²) in [5.41, 5.74) is 9.82. The summed E-state index contributed by atoms with van der Waals surface area (Å²) in [6.07, 6.45) is 6.59. The molecule has 3 heterocycles. The number of nitrogens with one attached hydrogen (secondary N) is 2. The molecule has 0 unspecified atom stereocenters. The molecule has 4 aromatic rings. The van der Waals surface area contributed by atoms with Gasteiger partial charge in [0.05, 0.1) is 6.54 Å². The van der Waals surface area contributed by atoms with E-state index in [1.165, 1.54) is 24.8 Å². The van der Waals surface area contributed by atoms with Crippen LogP contribution in [0.1, 0.15) is 43.1 Å². The van der Waals surface area contributed by atoms with Gasteiger partial charge >= 0.3 is 5.69 Å². The molecular weight excluding hydrogens is 390 g/mol. The Labute approximate surface area is 180 Å². The zero-order chi connectivity index (χ0) is 21.8. The molecule has 0 saturated carbocycles. The second-order valence-corrected chi connectivity index (χ2v) is 7.70. The minimum atomic E-state index is -0.275. The number of rotatable bonds is 8. The maximum Gasteiger partial charge on any atom is 0.328 e. The van der Waals surface area contributed by atoms with Gasteiger partial charge in [-0.2, -0.15) is 0 Å². The summed E-state index contributed by atoms with van der Waals surface area (Å²) in [6, 6.07) is 12.3. The average Bonchev–Trinajstić information content (AvgIpc) is 3.07. The number of benzene rings is 1. The maximum absolute atomic E-state index is 12.4. The predicted octanol–water partition coefficient (Wildman–Crippen LogP) is 3.93. The molecule has 31 heavy (non-hydrogen) atoms. The van der Waals surface area contributed by atoms with E-state index < -0.39 is 0 Å². The number of nitrogen functional groups attached to an aromatic ring is 1. The quantitative estimate of drug-likeness (QED) is 0.374. The third kappa shape index (κ3) is 4.74. The summed E-state index contributed by atoms with van der Waals surface area (Å²) in [4.78, 5) is 28.1. The molecule has 0 amide bonds. The van der Waals surface area contributed by atoms with Crippen molar-refractivity contribution in [2.75, 3.05) is 11.1 Å². The van der Waals surface area contributed by atoms with Crippen molar-refractivity contribution < 1.29 is 0 Å². The molecule has 0 aliphatic heterocycles. The molecule has 4 rings (SSSR count). The van der Waals surface area contributed by atoms with Crippen LogP contribution in [0.5, 0.6) is 0 Å². The van der Waals surface area contributed by atoms with Crippen LogP contribution >= 0.6 is 0 Å². The number of H-pyrrole nitrogens is 1. The number of pyridine rings is 1. The molecule has 0 bridgehead atoms. The largest absolute Gasteiger partial charge is 0.382 e. The zero-order valence-electron chi connectivity index (χ0n) is 17.9. The summed E-state index contributed by atoms with van der Waals surface area (Å²) in [6.45, 7) is 4.31. The first-order chi connectivity index (χ1) is 15.0. The highest BCUT2D eigenvalue weighted by Crippen LogP contribution is 2.18. The summed E-state index contributed by atoms with van der Waals surface area (Å²) < 4.78 is 1.54. The first kappa shape index (κ1) is 20.6. The van der Waals surface area contributed by atoms with E-state index in [0.29, 0.717) is 23.5 Å². The second-order valence-electron chi connectivity index (χ2n) is 7.70. The fourth-order valence-corrected chi connectivity index (χ4v) is 3.57. The minimum Gasteiger partial charge on any atom is -0.382 e. The number of aryl methyl sites for hydroxylation is 2. The van der Waals surface area contributed by atoms with Crippen LogP contribution < -0.4 is 16.7 Å². The monoisotopic (exact) mass is 417 g/mol. The van der Waals surface area contributed by atoms with E-state index >= 15 is 0 Å². The molecule has 0 atom stereocenters. The Morgan fingerprint density at radius 3 is 2.55 bits per heavy atom. The lowest BCUT2D eigenvalue weighted by molar-refractivity contribution is 0.717. The molecular formula is C23H27N7O. The van der Waals surface area contributed by atoms with Gasteiger partial charge in [0.2, 0.25) is 0 Å². The van der Waals surface area contributed by atoms with Gasteiger partial charge in [0, 0.05) is 11.9 Å². The highest BCUT2D eigenvalue weighted by atomic mass is 16.1. The van der Waals surface area contributed by atoms with Crippen LogP contribution in [0.2, 0.25) is 0 Å². The highest BCUT2D eigenvalue weighted by Gasteiger charge is 2.13. The third-order valence-electron chi connectivity index (χ3n) is 5.22. The molecule has 0 radical (unpaired) electrons. The number of fused-ring (bicyclic) bond motifs is 1. The van der Waals surface area contributed by atoms with Gasteiger partial charge in [-0.15, -0.1) is 0 Å². The van der Waals surface area contributed by atoms with E-state index in [-0.39, 0.29) is 11.5 Å². The number of aromatic nitrogens is 5. The van der Waals surface area contributed by atoms with Crippen LogP contribution in [0.3, 0.4) is 0 Å². The fraction of sp³-hybridized carbons (Fsp3) is 0.304. The number of hydrogen-bond acceptors (Lipinski definition) is 6. The lowest BCUT2D eigenvalue weighted by Crippen LogP contribution is -2.18. The van der Waals surface area contributed by atoms with Crippen molar-refractivity contribution in [1.29, 1.82) is 0 Å². The van der Waals surface area contributed by atoms with E-state index in [1.807, 2.05) is 12.1 Å². The Morgan fingerprint density at radius 1 is 1.06 bits per heavy atom. The molecule has 3 aromatic heterocycles. The topological polar surface area (TPSA) is 115 Å². The number of hydrogen-bond donors (Lipinski definition) is 3. The SMILES string of the molecule is CCCCCc1ccc(Nc2ccc(Cn3c(=O)[nH]c4c(N)nc(C)nc43)cn2)cc1. The fourth-order valence-electron chi connectivity index (χ4n) is 3.57. The van der Waals surface area contributed by atoms with Crippen LogP contribution in [-0.4, -0.2) is 24.5 Å². The van der Waals surface area contributed by atoms with Crippen LogP contribution in [0.25, 0.3) is 11.2 Å². The Bertz CT molecular complexity index is 1220. The van der Waals surface area contributed by atoms with Crippen LogP contribution in [-0.2, 0) is 13.0 Å². The van der Waals surface area contributed by atoms with Crippen LogP contribution in [0.15, 0.2) is 47.4 Å². The lowest BCUT2D eigenvalue weighted by atomic mass is 10.1. The molecule has 0 aliphatic rings. The summed E-state index contributed by atoms with van der Waals surface area (Å²) >= 11 is 0. The number of nitrogens with zero attached hydrogens (tertiary/aromatic N) is 4. The molecule has 1 aromatic carbocycles. The Kier molecular flexibility index (Phi) is 5.97. The third-order valence-corrected chi connectivity index (χ3v) is 5.22. The molecule has 0 aliphatic carbocycles. The minimum absolute atomic E-state index is 0.271. The zero-order valence-corrected chi connectivity index (χ0v) is 17.9. The Hall–Kier alpha value is -3.68. The molecule has 8 heteroatoms. The van der Waals surface area contributed by atoms with Crippen LogP contribution in [0.4, 0.5) is 17.3 Å². The van der Waals surface area contributed by atoms with Gasteiger partial charge in [-0.05, 0) is 49.1 Å². The van der Waals surface area contributed by atoms with Crippen molar-refractivity contribution in [2.24, 2.45) is 0 Å². The van der Waals surface area contributed by atoms with Crippen molar-refractivity contribution in [1.82, 2.24) is 24.5 Å². The molecule has 0 saturated heterocycles. The maximum atomic E-state index is 12.4. The van der Waals surface area contributed by atoms with Gasteiger partial charge in [0.25, 0.3) is 0 Å². The van der Waals surface area contributed by atoms with Gasteiger partial charge in [-0.1, -0.05) is 38.0 Å². The smallest absolute Gasteiger partial charge is 0.328 e. The van der Waals surface area contributed by atoms with Gasteiger partial charge in [-0.3, -0.25) is 4.57 Å². The molecule has 0 spiro atoms. The molecule has 4 N–H and O–H groups in total. The van der Waals surface area contributed by atoms with E-state index in [4.69, 9.17) is 5.73 Å². The van der Waals surface area contributed by atoms with Crippen molar-refractivity contribution in [3.63, 3.8) is 0 Å². The van der Waals surface area contributed by atoms with Gasteiger partial charge < -0.3 is 16.0 Å². The number of unbranched alkanes of at least 4 members (excludes halogenated alkanes) is 2. The van der Waals surface area contributed by atoms with Crippen molar-refractivity contribution >= 4 is 28.5 Å². The second kappa shape index (κ2) is 8.99. The first-order valence-electron chi connectivity index (χ1n) is 10.6. The highest BCUT2D eigenvalue weighted by molar-refractivity contribution is 5.81. The lowest BCUT2D eigenvalue weighted by Gasteiger charge is -2.08. The van der Waals surface area contributed by atoms with E-state index in [2.05, 4.69) is 56.4 Å². The van der Waals surface area contributed by atoms with Gasteiger partial charge in [0.15, 0.2) is 11.5 Å². The predicted molar refractivity (Wildman–Crippen MR) is 124 cm³/mol. The normalized spacial score (nSPS) is 11.2. The summed E-state index contributed by atoms with van der Waals surface area (Å²) in [5, 5.41) is 3.32. The van der Waals surface area contributed by atoms with E-state index in [9.17, 15) is 4.79 Å². The molecule has 160 valence electrons. The van der Waals surface area contributed by atoms with Crippen molar-refractivity contribution in [3.8, 4) is 0 Å². The molecule has 8 nitrogen and oxygen atoms in total. The molecule has 0 fully saturated rings. The summed E-state index contributed by atoms with van der Waals surface area (Å²) in [5.74, 6) is 1.54. The van der Waals surface area contributed by atoms with E-state index in [0.717, 1.165) is 23.5 Å². The van der Waals surface area contributed by atoms with Crippen molar-refractivity contribution in [3.05, 3.63) is 70.0 Å².